The average molecular weight is 963 g/mol. The molecule has 1 saturated heterocycles. The van der Waals surface area contributed by atoms with Crippen LogP contribution in [0.25, 0.3) is 66.9 Å². The molecule has 0 radical (unpaired) electrons. The van der Waals surface area contributed by atoms with Crippen LogP contribution in [0.3, 0.4) is 0 Å². The minimum absolute atomic E-state index is 0.0997. The molecule has 1 aliphatic carbocycles. The third-order valence-corrected chi connectivity index (χ3v) is 13.9. The van der Waals surface area contributed by atoms with E-state index in [-0.39, 0.29) is 28.0 Å². The summed E-state index contributed by atoms with van der Waals surface area (Å²) in [5, 5.41) is 12.3. The molecule has 2 amide bonds. The Morgan fingerprint density at radius 2 is 1.18 bits per heavy atom. The van der Waals surface area contributed by atoms with Crippen molar-refractivity contribution in [2.75, 3.05) is 46.6 Å². The van der Waals surface area contributed by atoms with Gasteiger partial charge in [-0.15, -0.1) is 0 Å². The van der Waals surface area contributed by atoms with Crippen molar-refractivity contribution in [2.45, 2.75) is 85.0 Å². The largest absolute Gasteiger partial charge is 0.495 e. The first-order chi connectivity index (χ1) is 32.9. The molecule has 1 saturated carbocycles. The van der Waals surface area contributed by atoms with E-state index in [4.69, 9.17) is 68.8 Å². The smallest absolute Gasteiger partial charge is 0.248 e. The van der Waals surface area contributed by atoms with Crippen molar-refractivity contribution in [2.24, 2.45) is 11.5 Å². The number of primary amides is 2. The van der Waals surface area contributed by atoms with Gasteiger partial charge in [-0.2, -0.15) is 10.2 Å². The number of methoxy groups -OCH3 is 1. The standard InChI is InChI=1S/C48H53Cl2N13O5/c1-6-60-33(19-25(3)57-60)45-53-41(49)37-31-21-27(43(51)64)23-35(66-5)39(31)62(47(37)55-45)29-9-11-30(12-10-29)63-40-32(38-42(50)54-46(56-48(38)63)34-20-26(4)58-61(34)7-2)22-28(44(52)65)24-36(40)68-16-8-13-59-14-17-67-18-15-59/h19-24,29-30H,6-18H2,1-5H3,(H2,51,64)(H2,52,65). The fraction of sp³-hybridized carbons (Fsp3) is 0.417. The van der Waals surface area contributed by atoms with Gasteiger partial charge in [0.15, 0.2) is 11.6 Å². The zero-order valence-corrected chi connectivity index (χ0v) is 40.2. The number of fused-ring (bicyclic) bond motifs is 6. The van der Waals surface area contributed by atoms with Crippen molar-refractivity contribution in [1.82, 2.24) is 53.5 Å². The Bertz CT molecular complexity index is 3290. The van der Waals surface area contributed by atoms with Gasteiger partial charge in [-0.3, -0.25) is 23.9 Å². The molecule has 4 N–H and O–H groups in total. The third-order valence-electron chi connectivity index (χ3n) is 13.3. The highest BCUT2D eigenvalue weighted by Gasteiger charge is 2.34. The van der Waals surface area contributed by atoms with E-state index in [0.717, 1.165) is 59.9 Å². The van der Waals surface area contributed by atoms with Gasteiger partial charge in [-0.1, -0.05) is 23.2 Å². The van der Waals surface area contributed by atoms with E-state index >= 15 is 0 Å². The van der Waals surface area contributed by atoms with Gasteiger partial charge in [0.2, 0.25) is 11.8 Å². The van der Waals surface area contributed by atoms with Crippen LogP contribution in [-0.4, -0.2) is 112 Å². The summed E-state index contributed by atoms with van der Waals surface area (Å²) in [4.78, 5) is 48.2. The fourth-order valence-electron chi connectivity index (χ4n) is 10.3. The molecule has 7 heterocycles. The number of hydrogen-bond acceptors (Lipinski definition) is 12. The first kappa shape index (κ1) is 45.4. The molecule has 2 fully saturated rings. The van der Waals surface area contributed by atoms with E-state index < -0.39 is 11.8 Å². The monoisotopic (exact) mass is 961 g/mol. The molecule has 0 bridgehead atoms. The molecule has 20 heteroatoms. The Kier molecular flexibility index (Phi) is 12.2. The highest BCUT2D eigenvalue weighted by molar-refractivity contribution is 6.37. The van der Waals surface area contributed by atoms with Gasteiger partial charge in [-0.25, -0.2) is 19.9 Å². The number of hydrogen-bond donors (Lipinski definition) is 2. The van der Waals surface area contributed by atoms with Crippen LogP contribution in [0.4, 0.5) is 0 Å². The van der Waals surface area contributed by atoms with Gasteiger partial charge in [0.25, 0.3) is 0 Å². The summed E-state index contributed by atoms with van der Waals surface area (Å²) in [5.74, 6) is 0.662. The van der Waals surface area contributed by atoms with Crippen molar-refractivity contribution < 1.29 is 23.8 Å². The number of morpholine rings is 1. The number of aromatic nitrogens is 10. The van der Waals surface area contributed by atoms with E-state index in [1.807, 2.05) is 49.2 Å². The summed E-state index contributed by atoms with van der Waals surface area (Å²) < 4.78 is 26.4. The lowest BCUT2D eigenvalue weighted by Crippen LogP contribution is -2.37. The maximum atomic E-state index is 13.0. The van der Waals surface area contributed by atoms with E-state index in [1.54, 1.807) is 31.4 Å². The van der Waals surface area contributed by atoms with Gasteiger partial charge in [0, 0.05) is 66.7 Å². The SMILES string of the molecule is CCn1nc(C)cc1-c1nc(Cl)c2c3cc(C(N)=O)cc(OC)c3n(C3CCC(n4c5nc(-c6cc(C)nn6CC)nc(Cl)c5c5cc(C(N)=O)cc(OCCCN6CCOCC6)c54)CC3)c2n1. The molecule has 0 spiro atoms. The number of benzene rings is 2. The van der Waals surface area contributed by atoms with E-state index in [1.165, 1.54) is 0 Å². The van der Waals surface area contributed by atoms with Crippen LogP contribution in [-0.2, 0) is 17.8 Å². The number of carbonyl (C=O) groups is 2. The number of aryl methyl sites for hydroxylation is 4. The van der Waals surface area contributed by atoms with Crippen LogP contribution in [0.1, 0.15) is 90.1 Å². The molecule has 8 aromatic rings. The number of rotatable bonds is 14. The average Bonchev–Trinajstić information content (AvgIpc) is 4.10. The number of nitrogens with zero attached hydrogens (tertiary/aromatic N) is 11. The minimum Gasteiger partial charge on any atom is -0.495 e. The van der Waals surface area contributed by atoms with Gasteiger partial charge in [-0.05, 0) is 96.2 Å². The normalized spacial score (nSPS) is 17.0. The molecular weight excluding hydrogens is 910 g/mol. The molecule has 68 heavy (non-hydrogen) atoms. The Morgan fingerprint density at radius 1 is 0.706 bits per heavy atom. The van der Waals surface area contributed by atoms with Crippen LogP contribution in [0, 0.1) is 13.8 Å². The summed E-state index contributed by atoms with van der Waals surface area (Å²) in [6.07, 6.45) is 3.53. The van der Waals surface area contributed by atoms with E-state index in [0.29, 0.717) is 120 Å². The molecule has 1 aliphatic heterocycles. The Balaban J connectivity index is 1.11. The first-order valence-electron chi connectivity index (χ1n) is 23.1. The zero-order valence-electron chi connectivity index (χ0n) is 38.7. The zero-order chi connectivity index (χ0) is 47.5. The van der Waals surface area contributed by atoms with Crippen LogP contribution in [0.5, 0.6) is 11.5 Å². The third kappa shape index (κ3) is 7.95. The fourth-order valence-corrected chi connectivity index (χ4v) is 10.8. The summed E-state index contributed by atoms with van der Waals surface area (Å²) in [6, 6.07) is 10.6. The number of halogens is 2. The maximum Gasteiger partial charge on any atom is 0.248 e. The van der Waals surface area contributed by atoms with Crippen molar-refractivity contribution in [3.8, 4) is 34.5 Å². The topological polar surface area (TPSA) is 214 Å². The quantitative estimate of drug-likeness (QED) is 0.0788. The number of amides is 2. The molecule has 6 aromatic heterocycles. The van der Waals surface area contributed by atoms with Crippen LogP contribution >= 0.6 is 23.2 Å². The van der Waals surface area contributed by atoms with Gasteiger partial charge in [0.1, 0.15) is 44.5 Å². The van der Waals surface area contributed by atoms with Gasteiger partial charge < -0.3 is 34.8 Å². The molecule has 2 aliphatic rings. The van der Waals surface area contributed by atoms with Crippen molar-refractivity contribution in [1.29, 1.82) is 0 Å². The van der Waals surface area contributed by atoms with Crippen LogP contribution in [0.15, 0.2) is 36.4 Å². The second-order valence-electron chi connectivity index (χ2n) is 17.6. The molecule has 10 rings (SSSR count). The van der Waals surface area contributed by atoms with Crippen LogP contribution < -0.4 is 20.9 Å². The predicted octanol–water partition coefficient (Wildman–Crippen LogP) is 7.84. The summed E-state index contributed by atoms with van der Waals surface area (Å²) in [5.41, 5.74) is 18.3. The second-order valence-corrected chi connectivity index (χ2v) is 18.3. The van der Waals surface area contributed by atoms with Crippen molar-refractivity contribution >= 4 is 78.9 Å². The Hall–Kier alpha value is -6.34. The summed E-state index contributed by atoms with van der Waals surface area (Å²) >= 11 is 14.4. The Morgan fingerprint density at radius 3 is 1.63 bits per heavy atom. The molecule has 2 aromatic carbocycles. The van der Waals surface area contributed by atoms with Crippen molar-refractivity contribution in [3.05, 3.63) is 69.2 Å². The highest BCUT2D eigenvalue weighted by atomic mass is 35.5. The number of carbonyl (C=O) groups excluding carboxylic acids is 2. The molecule has 0 unspecified atom stereocenters. The second kappa shape index (κ2) is 18.3. The minimum atomic E-state index is -0.599. The lowest BCUT2D eigenvalue weighted by molar-refractivity contribution is 0.0358. The molecule has 18 nitrogen and oxygen atoms in total. The van der Waals surface area contributed by atoms with E-state index in [9.17, 15) is 9.59 Å². The van der Waals surface area contributed by atoms with Crippen molar-refractivity contribution in [3.63, 3.8) is 0 Å². The summed E-state index contributed by atoms with van der Waals surface area (Å²) in [6.45, 7) is 13.5. The van der Waals surface area contributed by atoms with Gasteiger partial charge in [0.05, 0.1) is 60.1 Å². The lowest BCUT2D eigenvalue weighted by Gasteiger charge is -2.32. The molecular formula is C48H53Cl2N13O5. The number of nitrogens with two attached hydrogens (primary N) is 2. The molecule has 0 atom stereocenters. The predicted molar refractivity (Wildman–Crippen MR) is 261 cm³/mol. The Labute approximate surface area is 401 Å². The van der Waals surface area contributed by atoms with E-state index in [2.05, 4.69) is 24.2 Å². The highest BCUT2D eigenvalue weighted by Crippen LogP contribution is 2.48. The van der Waals surface area contributed by atoms with Crippen LogP contribution in [0.2, 0.25) is 10.3 Å². The first-order valence-corrected chi connectivity index (χ1v) is 23.9. The maximum absolute atomic E-state index is 13.0. The molecule has 354 valence electrons. The lowest BCUT2D eigenvalue weighted by atomic mass is 9.90. The summed E-state index contributed by atoms with van der Waals surface area (Å²) in [7, 11) is 1.57. The number of ether oxygens (including phenoxy) is 3. The van der Waals surface area contributed by atoms with Gasteiger partial charge >= 0.3 is 0 Å².